The molecule has 7 nitrogen and oxygen atoms in total. The highest BCUT2D eigenvalue weighted by Gasteiger charge is 2.18. The predicted molar refractivity (Wildman–Crippen MR) is 117 cm³/mol. The van der Waals surface area contributed by atoms with Crippen LogP contribution in [0.15, 0.2) is 64.5 Å². The first kappa shape index (κ1) is 20.0. The molecule has 2 aromatic heterocycles. The van der Waals surface area contributed by atoms with Crippen LogP contribution in [0.1, 0.15) is 10.5 Å². The Morgan fingerprint density at radius 1 is 1.10 bits per heavy atom. The zero-order chi connectivity index (χ0) is 21.1. The van der Waals surface area contributed by atoms with E-state index in [-0.39, 0.29) is 17.2 Å². The first-order chi connectivity index (χ1) is 14.6. The Kier molecular flexibility index (Phi) is 5.73. The molecule has 4 aromatic rings. The molecule has 0 saturated heterocycles. The molecule has 2 aromatic carbocycles. The zero-order valence-corrected chi connectivity index (χ0v) is 17.7. The van der Waals surface area contributed by atoms with Crippen molar-refractivity contribution in [2.45, 2.75) is 9.79 Å². The molecule has 4 rings (SSSR count). The highest BCUT2D eigenvalue weighted by molar-refractivity contribution is 7.99. The highest BCUT2D eigenvalue weighted by atomic mass is 32.2. The number of anilines is 1. The molecule has 0 bridgehead atoms. The van der Waals surface area contributed by atoms with Crippen molar-refractivity contribution in [3.8, 4) is 17.2 Å². The summed E-state index contributed by atoms with van der Waals surface area (Å²) in [5.74, 6) is 0.117. The van der Waals surface area contributed by atoms with E-state index < -0.39 is 5.91 Å². The number of thiazole rings is 1. The number of hydrogen-bond donors (Lipinski definition) is 2. The Labute approximate surface area is 180 Å². The number of rotatable bonds is 6. The number of ether oxygens (including phenoxy) is 2. The number of methoxy groups -OCH3 is 2. The van der Waals surface area contributed by atoms with Gasteiger partial charge in [0.1, 0.15) is 5.75 Å². The molecular formula is C21H17N3O4S2. The van der Waals surface area contributed by atoms with Crippen molar-refractivity contribution >= 4 is 44.4 Å². The Balaban J connectivity index is 1.56. The second-order valence-electron chi connectivity index (χ2n) is 6.07. The van der Waals surface area contributed by atoms with E-state index >= 15 is 0 Å². The van der Waals surface area contributed by atoms with Crippen LogP contribution in [0.3, 0.4) is 0 Å². The molecule has 2 N–H and O–H groups in total. The molecule has 9 heteroatoms. The van der Waals surface area contributed by atoms with E-state index in [0.717, 1.165) is 25.8 Å². The SMILES string of the molecule is COc1ccccc1Sc1ccc2nc(NC(=O)c3nccc(OC)c3O)sc2c1. The lowest BCUT2D eigenvalue weighted by Gasteiger charge is -2.07. The fourth-order valence-corrected chi connectivity index (χ4v) is 4.72. The smallest absolute Gasteiger partial charge is 0.280 e. The van der Waals surface area contributed by atoms with Gasteiger partial charge < -0.3 is 14.6 Å². The Morgan fingerprint density at radius 2 is 1.90 bits per heavy atom. The number of para-hydroxylation sites is 1. The average Bonchev–Trinajstić information content (AvgIpc) is 3.15. The monoisotopic (exact) mass is 439 g/mol. The number of carbonyl (C=O) groups is 1. The van der Waals surface area contributed by atoms with Gasteiger partial charge in [-0.25, -0.2) is 9.97 Å². The van der Waals surface area contributed by atoms with Gasteiger partial charge in [-0.1, -0.05) is 35.2 Å². The van der Waals surface area contributed by atoms with Crippen molar-refractivity contribution in [2.24, 2.45) is 0 Å². The summed E-state index contributed by atoms with van der Waals surface area (Å²) in [5.41, 5.74) is 0.642. The Hall–Kier alpha value is -3.30. The zero-order valence-electron chi connectivity index (χ0n) is 16.1. The van der Waals surface area contributed by atoms with Crippen molar-refractivity contribution in [3.05, 3.63) is 60.4 Å². The van der Waals surface area contributed by atoms with E-state index in [9.17, 15) is 9.90 Å². The lowest BCUT2D eigenvalue weighted by molar-refractivity contribution is 0.101. The van der Waals surface area contributed by atoms with E-state index in [0.29, 0.717) is 5.13 Å². The van der Waals surface area contributed by atoms with E-state index in [2.05, 4.69) is 15.3 Å². The number of hydrogen-bond acceptors (Lipinski definition) is 8. The van der Waals surface area contributed by atoms with Crippen molar-refractivity contribution in [1.82, 2.24) is 9.97 Å². The normalized spacial score (nSPS) is 10.7. The van der Waals surface area contributed by atoms with Gasteiger partial charge in [0.05, 0.1) is 29.3 Å². The van der Waals surface area contributed by atoms with Crippen LogP contribution in [0.2, 0.25) is 0 Å². The summed E-state index contributed by atoms with van der Waals surface area (Å²) in [6, 6.07) is 15.2. The van der Waals surface area contributed by atoms with Crippen LogP contribution in [0.4, 0.5) is 5.13 Å². The van der Waals surface area contributed by atoms with Gasteiger partial charge in [0.15, 0.2) is 22.3 Å². The van der Waals surface area contributed by atoms with E-state index in [1.165, 1.54) is 30.7 Å². The quantitative estimate of drug-likeness (QED) is 0.445. The summed E-state index contributed by atoms with van der Waals surface area (Å²) in [6.07, 6.45) is 1.40. The summed E-state index contributed by atoms with van der Waals surface area (Å²) in [6.45, 7) is 0. The standard InChI is InChI=1S/C21H17N3O4S2/c1-27-14-5-3-4-6-16(14)29-12-7-8-13-17(11-12)30-21(23-13)24-20(26)18-19(25)15(28-2)9-10-22-18/h3-11,25H,1-2H3,(H,23,24,26). The summed E-state index contributed by atoms with van der Waals surface area (Å²) in [4.78, 5) is 22.9. The number of nitrogens with zero attached hydrogens (tertiary/aromatic N) is 2. The van der Waals surface area contributed by atoms with Crippen LogP contribution in [-0.4, -0.2) is 35.2 Å². The number of fused-ring (bicyclic) bond motifs is 1. The first-order valence-corrected chi connectivity index (χ1v) is 10.5. The second-order valence-corrected chi connectivity index (χ2v) is 8.21. The third kappa shape index (κ3) is 4.03. The van der Waals surface area contributed by atoms with Crippen LogP contribution < -0.4 is 14.8 Å². The number of benzene rings is 2. The van der Waals surface area contributed by atoms with Crippen molar-refractivity contribution in [1.29, 1.82) is 0 Å². The minimum atomic E-state index is -0.561. The molecule has 0 aliphatic heterocycles. The molecule has 0 radical (unpaired) electrons. The maximum atomic E-state index is 12.5. The molecule has 0 saturated carbocycles. The minimum absolute atomic E-state index is 0.124. The summed E-state index contributed by atoms with van der Waals surface area (Å²) < 4.78 is 11.4. The molecule has 0 aliphatic rings. The van der Waals surface area contributed by atoms with Crippen molar-refractivity contribution < 1.29 is 19.4 Å². The van der Waals surface area contributed by atoms with E-state index in [1.807, 2.05) is 42.5 Å². The average molecular weight is 440 g/mol. The first-order valence-electron chi connectivity index (χ1n) is 8.84. The van der Waals surface area contributed by atoms with E-state index in [1.54, 1.807) is 18.9 Å². The molecule has 30 heavy (non-hydrogen) atoms. The molecule has 0 atom stereocenters. The number of aromatic hydroxyl groups is 1. The van der Waals surface area contributed by atoms with Gasteiger partial charge in [0.25, 0.3) is 5.91 Å². The second kappa shape index (κ2) is 8.60. The Bertz CT molecular complexity index is 1230. The van der Waals surface area contributed by atoms with Gasteiger partial charge in [-0.3, -0.25) is 10.1 Å². The number of nitrogens with one attached hydrogen (secondary N) is 1. The molecular weight excluding hydrogens is 422 g/mol. The van der Waals surface area contributed by atoms with E-state index in [4.69, 9.17) is 9.47 Å². The maximum absolute atomic E-state index is 12.5. The maximum Gasteiger partial charge on any atom is 0.280 e. The van der Waals surface area contributed by atoms with Crippen LogP contribution in [0, 0.1) is 0 Å². The number of amides is 1. The van der Waals surface area contributed by atoms with Crippen LogP contribution in [0.25, 0.3) is 10.2 Å². The third-order valence-corrected chi connectivity index (χ3v) is 6.18. The summed E-state index contributed by atoms with van der Waals surface area (Å²) in [7, 11) is 3.06. The predicted octanol–water partition coefficient (Wildman–Crippen LogP) is 4.82. The molecule has 0 spiro atoms. The Morgan fingerprint density at radius 3 is 2.70 bits per heavy atom. The van der Waals surface area contributed by atoms with Gasteiger partial charge in [0, 0.05) is 17.2 Å². The number of carbonyl (C=O) groups excluding carboxylic acids is 1. The van der Waals surface area contributed by atoms with Crippen molar-refractivity contribution in [2.75, 3.05) is 19.5 Å². The van der Waals surface area contributed by atoms with Crippen LogP contribution in [0.5, 0.6) is 17.2 Å². The summed E-state index contributed by atoms with van der Waals surface area (Å²) >= 11 is 2.93. The lowest BCUT2D eigenvalue weighted by Crippen LogP contribution is -2.13. The molecule has 1 amide bonds. The van der Waals surface area contributed by atoms with Gasteiger partial charge in [-0.2, -0.15) is 0 Å². The number of aromatic nitrogens is 2. The largest absolute Gasteiger partial charge is 0.503 e. The lowest BCUT2D eigenvalue weighted by atomic mass is 10.3. The third-order valence-electron chi connectivity index (χ3n) is 4.20. The number of pyridine rings is 1. The fraction of sp³-hybridized carbons (Fsp3) is 0.0952. The van der Waals surface area contributed by atoms with Crippen molar-refractivity contribution in [3.63, 3.8) is 0 Å². The van der Waals surface area contributed by atoms with Gasteiger partial charge in [-0.15, -0.1) is 0 Å². The molecule has 0 unspecified atom stereocenters. The fourth-order valence-electron chi connectivity index (χ4n) is 2.78. The van der Waals surface area contributed by atoms with Crippen LogP contribution >= 0.6 is 23.1 Å². The molecule has 0 fully saturated rings. The topological polar surface area (TPSA) is 93.6 Å². The summed E-state index contributed by atoms with van der Waals surface area (Å²) in [5, 5.41) is 13.2. The molecule has 152 valence electrons. The van der Waals surface area contributed by atoms with Gasteiger partial charge in [-0.05, 0) is 30.3 Å². The highest BCUT2D eigenvalue weighted by Crippen LogP contribution is 2.37. The molecule has 2 heterocycles. The van der Waals surface area contributed by atoms with Gasteiger partial charge in [0.2, 0.25) is 0 Å². The van der Waals surface area contributed by atoms with Gasteiger partial charge >= 0.3 is 0 Å². The molecule has 0 aliphatic carbocycles. The van der Waals surface area contributed by atoms with Crippen LogP contribution in [-0.2, 0) is 0 Å². The minimum Gasteiger partial charge on any atom is -0.503 e.